The summed E-state index contributed by atoms with van der Waals surface area (Å²) in [4.78, 5) is 23.3. The molecule has 4 nitrogen and oxygen atoms in total. The molecule has 0 N–H and O–H groups in total. The summed E-state index contributed by atoms with van der Waals surface area (Å²) in [5.41, 5.74) is 0.938. The predicted molar refractivity (Wildman–Crippen MR) is 137 cm³/mol. The molecule has 4 heteroatoms. The SMILES string of the molecule is CCCCCCC(C/C=C\CCCCCCCC(C)=O)OC(=O)/C=C/c1ccc(OC)cc1. The van der Waals surface area contributed by atoms with Crippen molar-refractivity contribution in [3.8, 4) is 5.75 Å². The Morgan fingerprint density at radius 1 is 0.909 bits per heavy atom. The molecule has 184 valence electrons. The van der Waals surface area contributed by atoms with Gasteiger partial charge in [0.1, 0.15) is 17.6 Å². The number of methoxy groups -OCH3 is 1. The smallest absolute Gasteiger partial charge is 0.331 e. The van der Waals surface area contributed by atoms with Crippen molar-refractivity contribution in [1.29, 1.82) is 0 Å². The van der Waals surface area contributed by atoms with E-state index in [9.17, 15) is 9.59 Å². The molecule has 0 fully saturated rings. The summed E-state index contributed by atoms with van der Waals surface area (Å²) in [7, 11) is 1.64. The van der Waals surface area contributed by atoms with Gasteiger partial charge in [0.2, 0.25) is 0 Å². The zero-order chi connectivity index (χ0) is 24.2. The third-order valence-corrected chi connectivity index (χ3v) is 5.66. The van der Waals surface area contributed by atoms with Gasteiger partial charge in [0.25, 0.3) is 0 Å². The second kappa shape index (κ2) is 19.1. The molecule has 0 aromatic heterocycles. The van der Waals surface area contributed by atoms with Crippen LogP contribution < -0.4 is 4.74 Å². The first-order chi connectivity index (χ1) is 16.0. The van der Waals surface area contributed by atoms with Gasteiger partial charge in [0.05, 0.1) is 7.11 Å². The van der Waals surface area contributed by atoms with E-state index in [0.29, 0.717) is 12.2 Å². The van der Waals surface area contributed by atoms with E-state index in [1.807, 2.05) is 24.3 Å². The molecular formula is C29H44O4. The number of unbranched alkanes of at least 4 members (excludes halogenated alkanes) is 8. The van der Waals surface area contributed by atoms with E-state index in [4.69, 9.17) is 9.47 Å². The van der Waals surface area contributed by atoms with Crippen LogP contribution in [0, 0.1) is 0 Å². The number of hydrogen-bond acceptors (Lipinski definition) is 4. The lowest BCUT2D eigenvalue weighted by Crippen LogP contribution is -2.16. The first-order valence-corrected chi connectivity index (χ1v) is 12.7. The van der Waals surface area contributed by atoms with Crippen LogP contribution in [0.4, 0.5) is 0 Å². The minimum absolute atomic E-state index is 0.0716. The number of esters is 1. The lowest BCUT2D eigenvalue weighted by molar-refractivity contribution is -0.143. The van der Waals surface area contributed by atoms with Gasteiger partial charge in [-0.3, -0.25) is 0 Å². The molecular weight excluding hydrogens is 412 g/mol. The van der Waals surface area contributed by atoms with Crippen molar-refractivity contribution >= 4 is 17.8 Å². The fourth-order valence-electron chi connectivity index (χ4n) is 3.64. The average Bonchev–Trinajstić information content (AvgIpc) is 2.81. The second-order valence-electron chi connectivity index (χ2n) is 8.73. The minimum Gasteiger partial charge on any atom is -0.497 e. The highest BCUT2D eigenvalue weighted by Gasteiger charge is 2.11. The molecule has 0 saturated heterocycles. The Balaban J connectivity index is 2.38. The molecule has 0 aliphatic carbocycles. The van der Waals surface area contributed by atoms with Crippen LogP contribution in [-0.4, -0.2) is 25.0 Å². The molecule has 0 radical (unpaired) electrons. The third kappa shape index (κ3) is 16.0. The molecule has 0 saturated carbocycles. The molecule has 0 spiro atoms. The topological polar surface area (TPSA) is 52.6 Å². The number of carbonyl (C=O) groups excluding carboxylic acids is 2. The standard InChI is InChI=1S/C29H44O4/c1-4-5-6-14-17-28(18-15-12-10-8-7-9-11-13-16-25(2)30)33-29(31)24-21-26-19-22-27(32-3)23-20-26/h12,15,19-24,28H,4-11,13-14,16-18H2,1-3H3/b15-12-,24-21+. The molecule has 1 rings (SSSR count). The maximum Gasteiger partial charge on any atom is 0.331 e. The van der Waals surface area contributed by atoms with Crippen LogP contribution in [-0.2, 0) is 14.3 Å². The Bertz CT molecular complexity index is 703. The van der Waals surface area contributed by atoms with E-state index < -0.39 is 0 Å². The van der Waals surface area contributed by atoms with Crippen LogP contribution in [0.1, 0.15) is 103 Å². The van der Waals surface area contributed by atoms with Crippen molar-refractivity contribution in [2.45, 2.75) is 103 Å². The van der Waals surface area contributed by atoms with Crippen molar-refractivity contribution in [1.82, 2.24) is 0 Å². The lowest BCUT2D eigenvalue weighted by Gasteiger charge is -2.15. The van der Waals surface area contributed by atoms with Crippen LogP contribution in [0.25, 0.3) is 6.08 Å². The van der Waals surface area contributed by atoms with Gasteiger partial charge in [-0.15, -0.1) is 0 Å². The zero-order valence-electron chi connectivity index (χ0n) is 21.0. The van der Waals surface area contributed by atoms with E-state index in [2.05, 4.69) is 19.1 Å². The fraction of sp³-hybridized carbons (Fsp3) is 0.586. The molecule has 0 bridgehead atoms. The average molecular weight is 457 g/mol. The number of ether oxygens (including phenoxy) is 2. The van der Waals surface area contributed by atoms with Gasteiger partial charge < -0.3 is 14.3 Å². The molecule has 0 amide bonds. The van der Waals surface area contributed by atoms with E-state index in [1.165, 1.54) is 44.6 Å². The highest BCUT2D eigenvalue weighted by atomic mass is 16.5. The molecule has 33 heavy (non-hydrogen) atoms. The van der Waals surface area contributed by atoms with Crippen molar-refractivity contribution < 1.29 is 19.1 Å². The Labute approximate surface area is 201 Å². The van der Waals surface area contributed by atoms with Crippen molar-refractivity contribution in [2.24, 2.45) is 0 Å². The quantitative estimate of drug-likeness (QED) is 0.0920. The minimum atomic E-state index is -0.287. The third-order valence-electron chi connectivity index (χ3n) is 5.66. The number of rotatable bonds is 19. The van der Waals surface area contributed by atoms with Crippen LogP contribution >= 0.6 is 0 Å². The summed E-state index contributed by atoms with van der Waals surface area (Å²) in [6, 6.07) is 7.57. The van der Waals surface area contributed by atoms with Gasteiger partial charge in [0, 0.05) is 18.9 Å². The number of benzene rings is 1. The van der Waals surface area contributed by atoms with Gasteiger partial charge in [-0.05, 0) is 62.8 Å². The Hall–Kier alpha value is -2.36. The Kier molecular flexibility index (Phi) is 16.6. The molecule has 1 aromatic carbocycles. The summed E-state index contributed by atoms with van der Waals surface area (Å²) < 4.78 is 10.9. The monoisotopic (exact) mass is 456 g/mol. The molecule has 0 aliphatic heterocycles. The highest BCUT2D eigenvalue weighted by Crippen LogP contribution is 2.15. The molecule has 0 aliphatic rings. The van der Waals surface area contributed by atoms with Crippen molar-refractivity contribution in [2.75, 3.05) is 7.11 Å². The maximum absolute atomic E-state index is 12.4. The van der Waals surface area contributed by atoms with E-state index in [0.717, 1.165) is 49.8 Å². The molecule has 1 unspecified atom stereocenters. The molecule has 0 heterocycles. The second-order valence-corrected chi connectivity index (χ2v) is 8.73. The summed E-state index contributed by atoms with van der Waals surface area (Å²) in [6.07, 6.45) is 21.5. The van der Waals surface area contributed by atoms with Gasteiger partial charge in [0.15, 0.2) is 0 Å². The predicted octanol–water partition coefficient (Wildman–Crippen LogP) is 7.86. The highest BCUT2D eigenvalue weighted by molar-refractivity contribution is 5.87. The van der Waals surface area contributed by atoms with Gasteiger partial charge >= 0.3 is 5.97 Å². The Morgan fingerprint density at radius 3 is 2.30 bits per heavy atom. The van der Waals surface area contributed by atoms with Crippen LogP contribution in [0.5, 0.6) is 5.75 Å². The molecule has 1 atom stereocenters. The summed E-state index contributed by atoms with van der Waals surface area (Å²) in [6.45, 7) is 3.86. The van der Waals surface area contributed by atoms with E-state index in [-0.39, 0.29) is 12.1 Å². The zero-order valence-corrected chi connectivity index (χ0v) is 21.0. The van der Waals surface area contributed by atoms with Gasteiger partial charge in [-0.25, -0.2) is 4.79 Å². The number of carbonyl (C=O) groups is 2. The summed E-state index contributed by atoms with van der Waals surface area (Å²) in [5, 5.41) is 0. The first kappa shape index (κ1) is 28.7. The van der Waals surface area contributed by atoms with Crippen LogP contribution in [0.2, 0.25) is 0 Å². The van der Waals surface area contributed by atoms with Gasteiger partial charge in [-0.1, -0.05) is 69.7 Å². The van der Waals surface area contributed by atoms with Crippen molar-refractivity contribution in [3.05, 3.63) is 48.1 Å². The van der Waals surface area contributed by atoms with E-state index >= 15 is 0 Å². The summed E-state index contributed by atoms with van der Waals surface area (Å²) in [5.74, 6) is 0.797. The first-order valence-electron chi connectivity index (χ1n) is 12.7. The van der Waals surface area contributed by atoms with Crippen LogP contribution in [0.3, 0.4) is 0 Å². The fourth-order valence-corrected chi connectivity index (χ4v) is 3.64. The number of ketones is 1. The number of hydrogen-bond donors (Lipinski definition) is 0. The van der Waals surface area contributed by atoms with E-state index in [1.54, 1.807) is 20.1 Å². The summed E-state index contributed by atoms with van der Waals surface area (Å²) >= 11 is 0. The number of Topliss-reactive ketones (excluding diaryl/α,β-unsaturated/α-hetero) is 1. The van der Waals surface area contributed by atoms with Crippen LogP contribution in [0.15, 0.2) is 42.5 Å². The number of allylic oxidation sites excluding steroid dienone is 1. The largest absolute Gasteiger partial charge is 0.497 e. The van der Waals surface area contributed by atoms with Crippen molar-refractivity contribution in [3.63, 3.8) is 0 Å². The molecule has 1 aromatic rings. The van der Waals surface area contributed by atoms with Gasteiger partial charge in [-0.2, -0.15) is 0 Å². The lowest BCUT2D eigenvalue weighted by atomic mass is 10.1. The Morgan fingerprint density at radius 2 is 1.61 bits per heavy atom. The maximum atomic E-state index is 12.4. The normalized spacial score (nSPS) is 12.3.